The zero-order chi connectivity index (χ0) is 26.1. The molecule has 10 heteroatoms. The van der Waals surface area contributed by atoms with Crippen LogP contribution in [0, 0.1) is 17.8 Å². The molecule has 0 bridgehead atoms. The van der Waals surface area contributed by atoms with Gasteiger partial charge >= 0.3 is 17.9 Å². The van der Waals surface area contributed by atoms with E-state index < -0.39 is 72.8 Å². The molecule has 2 aliphatic carbocycles. The van der Waals surface area contributed by atoms with Gasteiger partial charge in [-0.3, -0.25) is 0 Å². The van der Waals surface area contributed by atoms with Crippen LogP contribution in [0.5, 0.6) is 0 Å². The molecule has 7 atom stereocenters. The van der Waals surface area contributed by atoms with E-state index in [-0.39, 0.29) is 29.0 Å². The highest BCUT2D eigenvalue weighted by Crippen LogP contribution is 2.53. The fourth-order valence-electron chi connectivity index (χ4n) is 5.29. The van der Waals surface area contributed by atoms with Gasteiger partial charge in [0.1, 0.15) is 18.8 Å². The highest BCUT2D eigenvalue weighted by molar-refractivity contribution is 6.18. The number of aliphatic hydroxyl groups excluding tert-OH is 2. The van der Waals surface area contributed by atoms with Crippen molar-refractivity contribution in [1.29, 1.82) is 0 Å². The molecule has 0 aromatic heterocycles. The van der Waals surface area contributed by atoms with E-state index in [9.17, 15) is 29.7 Å². The number of allylic oxidation sites excluding steroid dienone is 2. The van der Waals surface area contributed by atoms with Gasteiger partial charge in [0.2, 0.25) is 0 Å². The lowest BCUT2D eigenvalue weighted by Crippen LogP contribution is -2.49. The maximum Gasteiger partial charge on any atom is 0.337 e. The normalized spacial score (nSPS) is 35.0. The minimum Gasteiger partial charge on any atom is -0.458 e. The third-order valence-corrected chi connectivity index (χ3v) is 7.61. The molecule has 0 spiro atoms. The molecule has 35 heavy (non-hydrogen) atoms. The van der Waals surface area contributed by atoms with Gasteiger partial charge in [-0.25, -0.2) is 14.4 Å². The summed E-state index contributed by atoms with van der Waals surface area (Å²) in [5, 5.41) is 31.4. The molecule has 3 N–H and O–H groups in total. The second-order valence-corrected chi connectivity index (χ2v) is 9.39. The van der Waals surface area contributed by atoms with Gasteiger partial charge in [-0.1, -0.05) is 30.4 Å². The first-order valence-corrected chi connectivity index (χ1v) is 11.9. The van der Waals surface area contributed by atoms with Crippen LogP contribution in [-0.2, 0) is 28.6 Å². The molecular weight excluding hydrogens is 480 g/mol. The van der Waals surface area contributed by atoms with Gasteiger partial charge in [-0.15, -0.1) is 11.6 Å². The molecule has 9 nitrogen and oxygen atoms in total. The van der Waals surface area contributed by atoms with Crippen LogP contribution in [0.25, 0.3) is 0 Å². The van der Waals surface area contributed by atoms with E-state index in [2.05, 4.69) is 6.58 Å². The van der Waals surface area contributed by atoms with Crippen molar-refractivity contribution in [2.24, 2.45) is 17.8 Å². The molecule has 1 saturated carbocycles. The zero-order valence-electron chi connectivity index (χ0n) is 19.9. The number of alkyl halides is 1. The van der Waals surface area contributed by atoms with Crippen LogP contribution in [0.15, 0.2) is 47.1 Å². The lowest BCUT2D eigenvalue weighted by molar-refractivity contribution is -0.151. The SMILES string of the molecule is C=C1C(=O)O[C@@H]2[C@H]3C(C)=C[C@@H](O)[C@H]3[C@@](O)(CCl)C[C@@H](OC(=O)/C(=C/C)COC(=O)/C(=C/C)CO)[C@H]12. The molecule has 0 aromatic carbocycles. The Hall–Kier alpha value is -2.46. The maximum absolute atomic E-state index is 13.1. The van der Waals surface area contributed by atoms with Crippen LogP contribution >= 0.6 is 11.6 Å². The summed E-state index contributed by atoms with van der Waals surface area (Å²) >= 11 is 6.18. The van der Waals surface area contributed by atoms with Crippen LogP contribution in [0.4, 0.5) is 0 Å². The molecule has 0 amide bonds. The number of aliphatic hydroxyl groups is 3. The highest BCUT2D eigenvalue weighted by Gasteiger charge is 2.62. The number of fused-ring (bicyclic) bond motifs is 3. The molecule has 1 saturated heterocycles. The van der Waals surface area contributed by atoms with Crippen molar-refractivity contribution >= 4 is 29.5 Å². The first-order valence-electron chi connectivity index (χ1n) is 11.4. The number of esters is 3. The standard InChI is InChI=1S/C25H31ClO9/c1-5-14(9-27)23(30)33-10-15(6-2)24(31)34-17-8-25(32,11-26)20-16(28)7-12(3)18(20)21-19(17)13(4)22(29)35-21/h5-7,16-21,27-28,32H,4,8-11H2,1-3H3/b14-5+,15-6+/t16-,17-,18+,19+,20-,21-,25+/m1/s1. The monoisotopic (exact) mass is 510 g/mol. The predicted octanol–water partition coefficient (Wildman–Crippen LogP) is 1.35. The summed E-state index contributed by atoms with van der Waals surface area (Å²) < 4.78 is 16.5. The third-order valence-electron chi connectivity index (χ3n) is 7.15. The summed E-state index contributed by atoms with van der Waals surface area (Å²) in [5.74, 6) is -4.55. The molecular formula is C25H31ClO9. The smallest absolute Gasteiger partial charge is 0.337 e. The summed E-state index contributed by atoms with van der Waals surface area (Å²) in [5.41, 5.74) is -0.728. The quantitative estimate of drug-likeness (QED) is 0.152. The van der Waals surface area contributed by atoms with E-state index in [4.69, 9.17) is 25.8 Å². The van der Waals surface area contributed by atoms with Crippen LogP contribution in [0.2, 0.25) is 0 Å². The van der Waals surface area contributed by atoms with E-state index in [1.165, 1.54) is 12.2 Å². The lowest BCUT2D eigenvalue weighted by atomic mass is 9.75. The van der Waals surface area contributed by atoms with Crippen molar-refractivity contribution in [3.63, 3.8) is 0 Å². The molecule has 1 aliphatic heterocycles. The minimum atomic E-state index is -1.63. The van der Waals surface area contributed by atoms with E-state index in [1.807, 2.05) is 0 Å². The fourth-order valence-corrected chi connectivity index (χ4v) is 5.58. The lowest BCUT2D eigenvalue weighted by Gasteiger charge is -2.38. The molecule has 2 fully saturated rings. The number of rotatable bonds is 7. The second kappa shape index (κ2) is 10.7. The largest absolute Gasteiger partial charge is 0.458 e. The molecule has 3 aliphatic rings. The van der Waals surface area contributed by atoms with Crippen molar-refractivity contribution in [1.82, 2.24) is 0 Å². The summed E-state index contributed by atoms with van der Waals surface area (Å²) in [7, 11) is 0. The summed E-state index contributed by atoms with van der Waals surface area (Å²) in [6.07, 6.45) is 1.39. The number of hydrogen-bond acceptors (Lipinski definition) is 9. The molecule has 0 aromatic rings. The number of hydrogen-bond donors (Lipinski definition) is 3. The van der Waals surface area contributed by atoms with Gasteiger partial charge in [0.05, 0.1) is 41.3 Å². The van der Waals surface area contributed by atoms with Crippen LogP contribution in [0.1, 0.15) is 27.2 Å². The van der Waals surface area contributed by atoms with Crippen molar-refractivity contribution in [2.45, 2.75) is 51.1 Å². The van der Waals surface area contributed by atoms with Gasteiger partial charge < -0.3 is 29.5 Å². The van der Waals surface area contributed by atoms with Crippen LogP contribution < -0.4 is 0 Å². The summed E-state index contributed by atoms with van der Waals surface area (Å²) in [4.78, 5) is 37.5. The van der Waals surface area contributed by atoms with E-state index >= 15 is 0 Å². The minimum absolute atomic E-state index is 0.0223. The third kappa shape index (κ3) is 4.95. The highest BCUT2D eigenvalue weighted by atomic mass is 35.5. The molecule has 0 unspecified atom stereocenters. The Morgan fingerprint density at radius 2 is 1.91 bits per heavy atom. The predicted molar refractivity (Wildman–Crippen MR) is 125 cm³/mol. The van der Waals surface area contributed by atoms with Crippen molar-refractivity contribution in [2.75, 3.05) is 19.1 Å². The first-order chi connectivity index (χ1) is 16.5. The Bertz CT molecular complexity index is 997. The van der Waals surface area contributed by atoms with Crippen molar-refractivity contribution < 1.29 is 43.9 Å². The molecule has 1 heterocycles. The van der Waals surface area contributed by atoms with Crippen molar-refractivity contribution in [3.8, 4) is 0 Å². The number of carbonyl (C=O) groups excluding carboxylic acids is 3. The average molecular weight is 511 g/mol. The summed E-state index contributed by atoms with van der Waals surface area (Å²) in [6, 6.07) is 0. The fraction of sp³-hybridized carbons (Fsp3) is 0.560. The van der Waals surface area contributed by atoms with E-state index in [0.717, 1.165) is 5.57 Å². The van der Waals surface area contributed by atoms with Crippen molar-refractivity contribution in [3.05, 3.63) is 47.1 Å². The van der Waals surface area contributed by atoms with Crippen LogP contribution in [-0.4, -0.2) is 76.2 Å². The Balaban J connectivity index is 1.88. The zero-order valence-corrected chi connectivity index (χ0v) is 20.7. The molecule has 192 valence electrons. The Morgan fingerprint density at radius 3 is 2.49 bits per heavy atom. The van der Waals surface area contributed by atoms with E-state index in [1.54, 1.807) is 26.8 Å². The van der Waals surface area contributed by atoms with Gasteiger partial charge in [-0.2, -0.15) is 0 Å². The summed E-state index contributed by atoms with van der Waals surface area (Å²) in [6.45, 7) is 7.83. The number of ether oxygens (including phenoxy) is 3. The second-order valence-electron chi connectivity index (χ2n) is 9.12. The Morgan fingerprint density at radius 1 is 1.26 bits per heavy atom. The number of halogens is 1. The Kier molecular flexibility index (Phi) is 8.26. The van der Waals surface area contributed by atoms with E-state index in [0.29, 0.717) is 0 Å². The molecule has 3 rings (SSSR count). The van der Waals surface area contributed by atoms with Gasteiger partial charge in [0, 0.05) is 23.8 Å². The van der Waals surface area contributed by atoms with Gasteiger partial charge in [0.25, 0.3) is 0 Å². The van der Waals surface area contributed by atoms with Crippen LogP contribution in [0.3, 0.4) is 0 Å². The maximum atomic E-state index is 13.1. The van der Waals surface area contributed by atoms with Gasteiger partial charge in [0.15, 0.2) is 0 Å². The molecule has 0 radical (unpaired) electrons. The Labute approximate surface area is 208 Å². The topological polar surface area (TPSA) is 140 Å². The average Bonchev–Trinajstić information content (AvgIpc) is 3.24. The van der Waals surface area contributed by atoms with Gasteiger partial charge in [-0.05, 0) is 20.8 Å². The first kappa shape index (κ1) is 27.1. The number of carbonyl (C=O) groups is 3.